The number of para-hydroxylation sites is 1. The van der Waals surface area contributed by atoms with Crippen molar-refractivity contribution in [3.05, 3.63) is 63.7 Å². The van der Waals surface area contributed by atoms with E-state index in [4.69, 9.17) is 16.3 Å². The van der Waals surface area contributed by atoms with Crippen LogP contribution in [0.3, 0.4) is 0 Å². The predicted octanol–water partition coefficient (Wildman–Crippen LogP) is 5.23. The van der Waals surface area contributed by atoms with Gasteiger partial charge in [-0.2, -0.15) is 0 Å². The third-order valence-electron chi connectivity index (χ3n) is 4.06. The van der Waals surface area contributed by atoms with Gasteiger partial charge in [-0.3, -0.25) is 4.79 Å². The van der Waals surface area contributed by atoms with Crippen LogP contribution < -0.4 is 5.32 Å². The lowest BCUT2D eigenvalue weighted by Crippen LogP contribution is -2.30. The zero-order chi connectivity index (χ0) is 20.3. The van der Waals surface area contributed by atoms with Gasteiger partial charge in [0.2, 0.25) is 0 Å². The van der Waals surface area contributed by atoms with E-state index in [9.17, 15) is 18.4 Å². The number of ether oxygens (including phenoxy) is 1. The summed E-state index contributed by atoms with van der Waals surface area (Å²) in [5.74, 6) is -3.79. The number of carbonyl (C=O) groups excluding carboxylic acids is 2. The Morgan fingerprint density at radius 3 is 2.37 bits per heavy atom. The SMILES string of the molecule is Cc1cccc(C(C)C)c1NC(=O)[C@@H](C)OC(=O)c1cc(F)c(F)cc1Cl. The Kier molecular flexibility index (Phi) is 6.54. The highest BCUT2D eigenvalue weighted by Gasteiger charge is 2.23. The van der Waals surface area contributed by atoms with Gasteiger partial charge in [0, 0.05) is 5.69 Å². The molecule has 0 bridgehead atoms. The molecule has 0 fully saturated rings. The minimum absolute atomic E-state index is 0.180. The lowest BCUT2D eigenvalue weighted by molar-refractivity contribution is -0.123. The van der Waals surface area contributed by atoms with Crippen LogP contribution in [-0.4, -0.2) is 18.0 Å². The number of nitrogens with one attached hydrogen (secondary N) is 1. The maximum atomic E-state index is 13.3. The predicted molar refractivity (Wildman–Crippen MR) is 100 cm³/mol. The van der Waals surface area contributed by atoms with Gasteiger partial charge in [-0.1, -0.05) is 43.6 Å². The van der Waals surface area contributed by atoms with Crippen LogP contribution in [-0.2, 0) is 9.53 Å². The summed E-state index contributed by atoms with van der Waals surface area (Å²) in [7, 11) is 0. The number of carbonyl (C=O) groups is 2. The maximum Gasteiger partial charge on any atom is 0.340 e. The lowest BCUT2D eigenvalue weighted by atomic mass is 9.98. The van der Waals surface area contributed by atoms with Crippen LogP contribution >= 0.6 is 11.6 Å². The number of anilines is 1. The van der Waals surface area contributed by atoms with E-state index in [0.29, 0.717) is 17.8 Å². The number of rotatable bonds is 5. The van der Waals surface area contributed by atoms with Crippen molar-refractivity contribution < 1.29 is 23.1 Å². The minimum Gasteiger partial charge on any atom is -0.449 e. The van der Waals surface area contributed by atoms with Gasteiger partial charge in [0.15, 0.2) is 17.7 Å². The number of amides is 1. The fourth-order valence-electron chi connectivity index (χ4n) is 2.52. The molecule has 4 nitrogen and oxygen atoms in total. The molecule has 0 radical (unpaired) electrons. The summed E-state index contributed by atoms with van der Waals surface area (Å²) in [4.78, 5) is 24.6. The molecular formula is C20H20ClF2NO3. The van der Waals surface area contributed by atoms with E-state index in [2.05, 4.69) is 5.32 Å². The van der Waals surface area contributed by atoms with Gasteiger partial charge in [0.25, 0.3) is 5.91 Å². The molecule has 0 aromatic heterocycles. The summed E-state index contributed by atoms with van der Waals surface area (Å²) in [6, 6.07) is 6.99. The fraction of sp³-hybridized carbons (Fsp3) is 0.300. The van der Waals surface area contributed by atoms with Crippen LogP contribution in [0.4, 0.5) is 14.5 Å². The highest BCUT2D eigenvalue weighted by Crippen LogP contribution is 2.28. The summed E-state index contributed by atoms with van der Waals surface area (Å²) in [6.45, 7) is 7.24. The van der Waals surface area contributed by atoms with E-state index in [1.54, 1.807) is 0 Å². The quantitative estimate of drug-likeness (QED) is 0.556. The van der Waals surface area contributed by atoms with Crippen LogP contribution in [0.15, 0.2) is 30.3 Å². The molecule has 7 heteroatoms. The third-order valence-corrected chi connectivity index (χ3v) is 4.37. The molecule has 0 heterocycles. The molecule has 144 valence electrons. The standard InChI is InChI=1S/C20H20ClF2NO3/c1-10(2)13-7-5-6-11(3)18(13)24-19(25)12(4)27-20(26)14-8-16(22)17(23)9-15(14)21/h5-10,12H,1-4H3,(H,24,25)/t12-/m1/s1. The lowest BCUT2D eigenvalue weighted by Gasteiger charge is -2.19. The second-order valence-corrected chi connectivity index (χ2v) is 6.88. The Labute approximate surface area is 161 Å². The first-order valence-corrected chi connectivity index (χ1v) is 8.75. The van der Waals surface area contributed by atoms with E-state index < -0.39 is 29.6 Å². The van der Waals surface area contributed by atoms with Crippen LogP contribution in [0.5, 0.6) is 0 Å². The van der Waals surface area contributed by atoms with Crippen molar-refractivity contribution in [3.8, 4) is 0 Å². The summed E-state index contributed by atoms with van der Waals surface area (Å²) < 4.78 is 31.5. The Morgan fingerprint density at radius 2 is 1.74 bits per heavy atom. The van der Waals surface area contributed by atoms with Gasteiger partial charge in [-0.05, 0) is 43.0 Å². The van der Waals surface area contributed by atoms with Crippen molar-refractivity contribution in [2.75, 3.05) is 5.32 Å². The van der Waals surface area contributed by atoms with Crippen LogP contribution in [0.25, 0.3) is 0 Å². The van der Waals surface area contributed by atoms with Crippen LogP contribution in [0.1, 0.15) is 48.2 Å². The molecule has 1 atom stereocenters. The van der Waals surface area contributed by atoms with Gasteiger partial charge in [0.1, 0.15) is 0 Å². The monoisotopic (exact) mass is 395 g/mol. The molecule has 0 saturated carbocycles. The van der Waals surface area contributed by atoms with Crippen molar-refractivity contribution in [3.63, 3.8) is 0 Å². The average Bonchev–Trinajstić information content (AvgIpc) is 2.59. The molecule has 0 spiro atoms. The largest absolute Gasteiger partial charge is 0.449 e. The third kappa shape index (κ3) is 4.83. The first kappa shape index (κ1) is 20.8. The highest BCUT2D eigenvalue weighted by molar-refractivity contribution is 6.33. The normalized spacial score (nSPS) is 12.0. The van der Waals surface area contributed by atoms with Crippen molar-refractivity contribution in [1.29, 1.82) is 0 Å². The van der Waals surface area contributed by atoms with Crippen molar-refractivity contribution in [2.24, 2.45) is 0 Å². The van der Waals surface area contributed by atoms with Gasteiger partial charge in [-0.15, -0.1) is 0 Å². The molecule has 1 N–H and O–H groups in total. The van der Waals surface area contributed by atoms with E-state index in [1.807, 2.05) is 39.0 Å². The van der Waals surface area contributed by atoms with Gasteiger partial charge >= 0.3 is 5.97 Å². The Morgan fingerprint density at radius 1 is 1.11 bits per heavy atom. The molecule has 0 aliphatic carbocycles. The number of esters is 1. The summed E-state index contributed by atoms with van der Waals surface area (Å²) in [5.41, 5.74) is 2.13. The number of benzene rings is 2. The molecule has 0 unspecified atom stereocenters. The van der Waals surface area contributed by atoms with Gasteiger partial charge < -0.3 is 10.1 Å². The second-order valence-electron chi connectivity index (χ2n) is 6.48. The number of aryl methyl sites for hydroxylation is 1. The highest BCUT2D eigenvalue weighted by atomic mass is 35.5. The zero-order valence-corrected chi connectivity index (χ0v) is 16.2. The molecule has 1 amide bonds. The van der Waals surface area contributed by atoms with Crippen molar-refractivity contribution in [2.45, 2.75) is 39.7 Å². The first-order valence-electron chi connectivity index (χ1n) is 8.37. The van der Waals surface area contributed by atoms with Crippen LogP contribution in [0, 0.1) is 18.6 Å². The zero-order valence-electron chi connectivity index (χ0n) is 15.4. The second kappa shape index (κ2) is 8.48. The smallest absolute Gasteiger partial charge is 0.340 e. The molecule has 27 heavy (non-hydrogen) atoms. The van der Waals surface area contributed by atoms with Crippen LogP contribution in [0.2, 0.25) is 5.02 Å². The maximum absolute atomic E-state index is 13.3. The number of hydrogen-bond acceptors (Lipinski definition) is 3. The van der Waals surface area contributed by atoms with E-state index in [1.165, 1.54) is 6.92 Å². The number of halogens is 3. The first-order chi connectivity index (χ1) is 12.6. The number of hydrogen-bond donors (Lipinski definition) is 1. The van der Waals surface area contributed by atoms with Gasteiger partial charge in [0.05, 0.1) is 10.6 Å². The minimum atomic E-state index is -1.23. The molecule has 0 saturated heterocycles. The van der Waals surface area contributed by atoms with E-state index in [0.717, 1.165) is 11.1 Å². The van der Waals surface area contributed by atoms with Crippen molar-refractivity contribution >= 4 is 29.2 Å². The van der Waals surface area contributed by atoms with Gasteiger partial charge in [-0.25, -0.2) is 13.6 Å². The Hall–Kier alpha value is -2.47. The van der Waals surface area contributed by atoms with E-state index >= 15 is 0 Å². The topological polar surface area (TPSA) is 55.4 Å². The Balaban J connectivity index is 2.15. The molecule has 0 aliphatic heterocycles. The average molecular weight is 396 g/mol. The molecule has 2 rings (SSSR count). The summed E-state index contributed by atoms with van der Waals surface area (Å²) in [6.07, 6.45) is -1.17. The molecule has 2 aromatic carbocycles. The summed E-state index contributed by atoms with van der Waals surface area (Å²) >= 11 is 5.76. The van der Waals surface area contributed by atoms with E-state index in [-0.39, 0.29) is 16.5 Å². The fourth-order valence-corrected chi connectivity index (χ4v) is 2.75. The molecule has 2 aromatic rings. The Bertz CT molecular complexity index is 884. The van der Waals surface area contributed by atoms with Crippen molar-refractivity contribution in [1.82, 2.24) is 0 Å². The molecule has 0 aliphatic rings. The molecular weight excluding hydrogens is 376 g/mol. The summed E-state index contributed by atoms with van der Waals surface area (Å²) in [5, 5.41) is 2.47.